The SMILES string of the molecule is C=C1CN2CCCC2(COc2nc3c4c(nc(-c5c(C6CC6)c(Cl)cc6[nH]ncc56)c(F)c4n2)OC[C@@H]2COCCCN32)C1. The van der Waals surface area contributed by atoms with Gasteiger partial charge in [-0.15, -0.1) is 0 Å². The maximum absolute atomic E-state index is 17.1. The molecule has 4 fully saturated rings. The summed E-state index contributed by atoms with van der Waals surface area (Å²) in [5, 5.41) is 9.03. The normalized spacial score (nSPS) is 25.2. The molecule has 0 radical (unpaired) electrons. The molecule has 0 amide bonds. The zero-order chi connectivity index (χ0) is 29.6. The van der Waals surface area contributed by atoms with E-state index in [1.165, 1.54) is 5.57 Å². The van der Waals surface area contributed by atoms with Crippen LogP contribution < -0.4 is 14.4 Å². The Morgan fingerprint density at radius 2 is 2.09 bits per heavy atom. The fourth-order valence-electron chi connectivity index (χ4n) is 7.81. The van der Waals surface area contributed by atoms with Gasteiger partial charge in [-0.3, -0.25) is 10.00 Å². The monoisotopic (exact) mass is 617 g/mol. The van der Waals surface area contributed by atoms with E-state index < -0.39 is 5.82 Å². The number of anilines is 1. The lowest BCUT2D eigenvalue weighted by atomic mass is 9.94. The molecule has 2 atom stereocenters. The second kappa shape index (κ2) is 9.98. The molecule has 1 N–H and O–H groups in total. The number of pyridine rings is 1. The largest absolute Gasteiger partial charge is 0.475 e. The highest BCUT2D eigenvalue weighted by Crippen LogP contribution is 2.51. The smallest absolute Gasteiger partial charge is 0.319 e. The van der Waals surface area contributed by atoms with Crippen LogP contribution in [0.2, 0.25) is 5.02 Å². The van der Waals surface area contributed by atoms with Crippen LogP contribution in [0, 0.1) is 5.82 Å². The maximum Gasteiger partial charge on any atom is 0.319 e. The van der Waals surface area contributed by atoms with Crippen LogP contribution in [-0.2, 0) is 4.74 Å². The maximum atomic E-state index is 17.1. The van der Waals surface area contributed by atoms with Gasteiger partial charge in [-0.2, -0.15) is 15.1 Å². The molecule has 1 unspecified atom stereocenters. The third-order valence-corrected chi connectivity index (χ3v) is 10.3. The van der Waals surface area contributed by atoms with E-state index in [9.17, 15) is 0 Å². The number of aromatic nitrogens is 5. The van der Waals surface area contributed by atoms with Gasteiger partial charge in [-0.1, -0.05) is 23.8 Å². The van der Waals surface area contributed by atoms with Gasteiger partial charge in [0, 0.05) is 35.7 Å². The average Bonchev–Trinajstić information content (AvgIpc) is 3.62. The second-order valence-electron chi connectivity index (χ2n) is 12.9. The molecule has 1 aromatic carbocycles. The van der Waals surface area contributed by atoms with Gasteiger partial charge in [-0.25, -0.2) is 9.37 Å². The first-order valence-electron chi connectivity index (χ1n) is 15.6. The first kappa shape index (κ1) is 26.8. The number of nitrogens with zero attached hydrogens (tertiary/aromatic N) is 6. The van der Waals surface area contributed by atoms with Crippen molar-refractivity contribution in [1.82, 2.24) is 30.0 Å². The highest BCUT2D eigenvalue weighted by atomic mass is 35.5. The third kappa shape index (κ3) is 4.12. The summed E-state index contributed by atoms with van der Waals surface area (Å²) in [6.45, 7) is 8.71. The Balaban J connectivity index is 1.24. The molecule has 0 spiro atoms. The van der Waals surface area contributed by atoms with Crippen LogP contribution in [0.15, 0.2) is 24.4 Å². The van der Waals surface area contributed by atoms with E-state index in [-0.39, 0.29) is 34.7 Å². The van der Waals surface area contributed by atoms with Crippen LogP contribution >= 0.6 is 11.6 Å². The Bertz CT molecular complexity index is 1840. The van der Waals surface area contributed by atoms with Crippen molar-refractivity contribution >= 4 is 39.2 Å². The van der Waals surface area contributed by atoms with Crippen LogP contribution in [0.3, 0.4) is 0 Å². The van der Waals surface area contributed by atoms with Gasteiger partial charge < -0.3 is 19.1 Å². The van der Waals surface area contributed by atoms with E-state index in [2.05, 4.69) is 26.6 Å². The lowest BCUT2D eigenvalue weighted by molar-refractivity contribution is 0.108. The minimum atomic E-state index is -0.549. The minimum absolute atomic E-state index is 0.111. The van der Waals surface area contributed by atoms with Gasteiger partial charge in [0.25, 0.3) is 0 Å². The Kier molecular flexibility index (Phi) is 6.09. The van der Waals surface area contributed by atoms with Crippen LogP contribution in [-0.4, -0.2) is 87.7 Å². The van der Waals surface area contributed by atoms with E-state index in [0.717, 1.165) is 68.1 Å². The average molecular weight is 618 g/mol. The van der Waals surface area contributed by atoms with Crippen molar-refractivity contribution < 1.29 is 18.6 Å². The van der Waals surface area contributed by atoms with Crippen molar-refractivity contribution in [3.8, 4) is 23.1 Å². The predicted octanol–water partition coefficient (Wildman–Crippen LogP) is 5.40. The summed E-state index contributed by atoms with van der Waals surface area (Å²) in [6, 6.07) is 1.91. The van der Waals surface area contributed by atoms with Crippen LogP contribution in [0.25, 0.3) is 33.1 Å². The third-order valence-electron chi connectivity index (χ3n) is 10.00. The number of fused-ring (bicyclic) bond motifs is 4. The van der Waals surface area contributed by atoms with Gasteiger partial charge in [-0.05, 0) is 62.6 Å². The van der Waals surface area contributed by atoms with Gasteiger partial charge in [0.05, 0.1) is 29.9 Å². The molecule has 7 heterocycles. The summed E-state index contributed by atoms with van der Waals surface area (Å²) in [7, 11) is 0. The summed E-state index contributed by atoms with van der Waals surface area (Å²) >= 11 is 6.83. The summed E-state index contributed by atoms with van der Waals surface area (Å²) in [5.41, 5.74) is 3.63. The van der Waals surface area contributed by atoms with Gasteiger partial charge in [0.2, 0.25) is 5.88 Å². The number of ether oxygens (including phenoxy) is 3. The fourth-order valence-corrected chi connectivity index (χ4v) is 8.17. The van der Waals surface area contributed by atoms with Crippen molar-refractivity contribution in [2.45, 2.75) is 56.0 Å². The fraction of sp³-hybridized carbons (Fsp3) is 0.500. The van der Waals surface area contributed by atoms with Crippen LogP contribution in [0.4, 0.5) is 10.2 Å². The summed E-state index contributed by atoms with van der Waals surface area (Å²) in [4.78, 5) is 19.2. The first-order chi connectivity index (χ1) is 21.5. The standard InChI is InChI=1S/C32H33ClFN7O3/c1-17-11-32(6-2-7-40(32)13-17)16-44-31-37-28-25-29(38-31)41-8-3-9-42-14-19(41)15-43-30(25)36-27(26(28)34)24-20-12-35-39-22(20)10-21(33)23(24)18-4-5-18/h10,12,18-19H,1-9,11,13-16H2,(H,35,39)/t19-,32?/m0/s1. The number of H-pyrrole nitrogens is 1. The van der Waals surface area contributed by atoms with Crippen molar-refractivity contribution in [3.05, 3.63) is 40.8 Å². The van der Waals surface area contributed by atoms with E-state index in [4.69, 9.17) is 40.8 Å². The number of hydrogen-bond donors (Lipinski definition) is 1. The van der Waals surface area contributed by atoms with Crippen molar-refractivity contribution in [3.63, 3.8) is 0 Å². The number of aromatic amines is 1. The van der Waals surface area contributed by atoms with E-state index in [1.54, 1.807) is 6.20 Å². The molecule has 3 saturated heterocycles. The zero-order valence-electron chi connectivity index (χ0n) is 24.4. The molecule has 3 aromatic heterocycles. The molecule has 44 heavy (non-hydrogen) atoms. The van der Waals surface area contributed by atoms with E-state index >= 15 is 4.39 Å². The Morgan fingerprint density at radius 3 is 2.98 bits per heavy atom. The molecule has 4 aliphatic heterocycles. The van der Waals surface area contributed by atoms with Crippen molar-refractivity contribution in [1.29, 1.82) is 0 Å². The number of rotatable bonds is 5. The molecule has 9 rings (SSSR count). The summed E-state index contributed by atoms with van der Waals surface area (Å²) < 4.78 is 35.8. The number of nitrogens with one attached hydrogen (secondary N) is 1. The number of benzene rings is 1. The molecular weight excluding hydrogens is 585 g/mol. The lowest BCUT2D eigenvalue weighted by Gasteiger charge is -2.31. The Hall–Kier alpha value is -3.54. The molecule has 1 aliphatic carbocycles. The quantitative estimate of drug-likeness (QED) is 0.295. The topological polar surface area (TPSA) is 102 Å². The Labute approximate surface area is 258 Å². The van der Waals surface area contributed by atoms with Gasteiger partial charge >= 0.3 is 6.01 Å². The predicted molar refractivity (Wildman–Crippen MR) is 164 cm³/mol. The molecule has 12 heteroatoms. The first-order valence-corrected chi connectivity index (χ1v) is 16.0. The second-order valence-corrected chi connectivity index (χ2v) is 13.3. The molecule has 1 saturated carbocycles. The molecular formula is C32H33ClFN7O3. The molecule has 4 aromatic rings. The van der Waals surface area contributed by atoms with Gasteiger partial charge in [0.1, 0.15) is 35.6 Å². The zero-order valence-corrected chi connectivity index (χ0v) is 25.1. The highest BCUT2D eigenvalue weighted by molar-refractivity contribution is 6.33. The summed E-state index contributed by atoms with van der Waals surface area (Å²) in [5.74, 6) is 0.562. The number of hydrogen-bond acceptors (Lipinski definition) is 9. The van der Waals surface area contributed by atoms with E-state index in [1.807, 2.05) is 6.07 Å². The molecule has 10 nitrogen and oxygen atoms in total. The Morgan fingerprint density at radius 1 is 1.18 bits per heavy atom. The van der Waals surface area contributed by atoms with Crippen LogP contribution in [0.5, 0.6) is 11.9 Å². The van der Waals surface area contributed by atoms with Gasteiger partial charge in [0.15, 0.2) is 5.82 Å². The van der Waals surface area contributed by atoms with E-state index in [0.29, 0.717) is 60.6 Å². The molecule has 228 valence electrons. The highest BCUT2D eigenvalue weighted by Gasteiger charge is 2.47. The van der Waals surface area contributed by atoms with Crippen molar-refractivity contribution in [2.75, 3.05) is 51.0 Å². The molecule has 0 bridgehead atoms. The molecule has 5 aliphatic rings. The van der Waals surface area contributed by atoms with Crippen molar-refractivity contribution in [2.24, 2.45) is 0 Å². The lowest BCUT2D eigenvalue weighted by Crippen LogP contribution is -2.43. The number of halogens is 2. The summed E-state index contributed by atoms with van der Waals surface area (Å²) in [6.07, 6.45) is 7.53. The minimum Gasteiger partial charge on any atom is -0.475 e. The van der Waals surface area contributed by atoms with Crippen LogP contribution in [0.1, 0.15) is 50.0 Å².